The first-order valence-corrected chi connectivity index (χ1v) is 8.83. The first-order chi connectivity index (χ1) is 10.0. The van der Waals surface area contributed by atoms with Crippen LogP contribution in [0.2, 0.25) is 0 Å². The molecule has 1 rings (SSSR count). The predicted octanol–water partition coefficient (Wildman–Crippen LogP) is 1.48. The summed E-state index contributed by atoms with van der Waals surface area (Å²) in [5.41, 5.74) is 0. The van der Waals surface area contributed by atoms with E-state index in [0.717, 1.165) is 26.2 Å². The first kappa shape index (κ1) is 17.9. The van der Waals surface area contributed by atoms with Crippen molar-refractivity contribution < 1.29 is 0 Å². The lowest BCUT2D eigenvalue weighted by Crippen LogP contribution is -2.29. The molecule has 0 radical (unpaired) electrons. The Labute approximate surface area is 125 Å². The average molecular weight is 284 g/mol. The van der Waals surface area contributed by atoms with E-state index in [1.807, 2.05) is 0 Å². The number of hydrogen-bond donors (Lipinski definition) is 4. The number of nitrogens with one attached hydrogen (secondary N) is 4. The van der Waals surface area contributed by atoms with Crippen molar-refractivity contribution in [3.05, 3.63) is 0 Å². The normalized spacial score (nSPS) is 24.0. The highest BCUT2D eigenvalue weighted by atomic mass is 14.9. The van der Waals surface area contributed by atoms with Crippen LogP contribution in [0.4, 0.5) is 0 Å². The van der Waals surface area contributed by atoms with E-state index in [2.05, 4.69) is 21.3 Å². The maximum absolute atomic E-state index is 3.52. The Morgan fingerprint density at radius 1 is 0.250 bits per heavy atom. The maximum atomic E-state index is 3.52. The van der Waals surface area contributed by atoms with Gasteiger partial charge in [-0.15, -0.1) is 0 Å². The van der Waals surface area contributed by atoms with E-state index in [1.54, 1.807) is 0 Å². The molecule has 4 N–H and O–H groups in total. The van der Waals surface area contributed by atoms with Crippen LogP contribution in [-0.2, 0) is 0 Å². The van der Waals surface area contributed by atoms with Crippen LogP contribution in [0.1, 0.15) is 51.4 Å². The van der Waals surface area contributed by atoms with Crippen molar-refractivity contribution in [2.45, 2.75) is 51.4 Å². The van der Waals surface area contributed by atoms with Gasteiger partial charge in [-0.05, 0) is 51.9 Å². The lowest BCUT2D eigenvalue weighted by atomic mass is 10.1. The molecule has 4 nitrogen and oxygen atoms in total. The van der Waals surface area contributed by atoms with Crippen LogP contribution < -0.4 is 21.3 Å². The summed E-state index contributed by atoms with van der Waals surface area (Å²) >= 11 is 0. The molecule has 0 unspecified atom stereocenters. The van der Waals surface area contributed by atoms with Gasteiger partial charge >= 0.3 is 0 Å². The van der Waals surface area contributed by atoms with Gasteiger partial charge in [0.1, 0.15) is 0 Å². The molecule has 4 heteroatoms. The Kier molecular flexibility index (Phi) is 13.6. The third-order valence-corrected chi connectivity index (χ3v) is 3.87. The largest absolute Gasteiger partial charge is 0.315 e. The summed E-state index contributed by atoms with van der Waals surface area (Å²) in [4.78, 5) is 0. The molecular formula is C16H36N4. The Morgan fingerprint density at radius 2 is 0.500 bits per heavy atom. The van der Waals surface area contributed by atoms with Crippen LogP contribution in [0.5, 0.6) is 0 Å². The van der Waals surface area contributed by atoms with E-state index >= 15 is 0 Å². The zero-order chi connectivity index (χ0) is 14.1. The summed E-state index contributed by atoms with van der Waals surface area (Å²) in [5, 5.41) is 14.1. The SMILES string of the molecule is C1CCCNCCNCCCCCNCCNCCC1. The summed E-state index contributed by atoms with van der Waals surface area (Å²) in [6.45, 7) is 9.18. The molecule has 0 saturated carbocycles. The van der Waals surface area contributed by atoms with Crippen molar-refractivity contribution in [3.63, 3.8) is 0 Å². The van der Waals surface area contributed by atoms with Crippen molar-refractivity contribution in [1.29, 1.82) is 0 Å². The van der Waals surface area contributed by atoms with Gasteiger partial charge in [-0.1, -0.05) is 25.7 Å². The van der Waals surface area contributed by atoms with Gasteiger partial charge in [-0.25, -0.2) is 0 Å². The Hall–Kier alpha value is -0.160. The van der Waals surface area contributed by atoms with Gasteiger partial charge in [0, 0.05) is 26.2 Å². The van der Waals surface area contributed by atoms with Crippen LogP contribution in [0.3, 0.4) is 0 Å². The molecular weight excluding hydrogens is 248 g/mol. The summed E-state index contributed by atoms with van der Waals surface area (Å²) in [6.07, 6.45) is 10.7. The van der Waals surface area contributed by atoms with Crippen molar-refractivity contribution in [2.24, 2.45) is 0 Å². The second-order valence-corrected chi connectivity index (χ2v) is 5.83. The molecule has 0 amide bonds. The molecule has 120 valence electrons. The minimum absolute atomic E-state index is 1.11. The molecule has 0 aromatic rings. The van der Waals surface area contributed by atoms with E-state index in [-0.39, 0.29) is 0 Å². The summed E-state index contributed by atoms with van der Waals surface area (Å²) in [7, 11) is 0. The van der Waals surface area contributed by atoms with Crippen molar-refractivity contribution in [3.8, 4) is 0 Å². The van der Waals surface area contributed by atoms with Gasteiger partial charge in [0.2, 0.25) is 0 Å². The van der Waals surface area contributed by atoms with E-state index in [4.69, 9.17) is 0 Å². The minimum atomic E-state index is 1.11. The lowest BCUT2D eigenvalue weighted by molar-refractivity contribution is 0.523. The topological polar surface area (TPSA) is 48.1 Å². The zero-order valence-corrected chi connectivity index (χ0v) is 13.3. The van der Waals surface area contributed by atoms with Gasteiger partial charge in [0.15, 0.2) is 0 Å². The van der Waals surface area contributed by atoms with Crippen molar-refractivity contribution >= 4 is 0 Å². The molecule has 0 bridgehead atoms. The molecule has 0 aromatic carbocycles. The smallest absolute Gasteiger partial charge is 0.00767 e. The van der Waals surface area contributed by atoms with Gasteiger partial charge in [-0.2, -0.15) is 0 Å². The first-order valence-electron chi connectivity index (χ1n) is 8.83. The molecule has 1 aliphatic rings. The van der Waals surface area contributed by atoms with Crippen molar-refractivity contribution in [1.82, 2.24) is 21.3 Å². The monoisotopic (exact) mass is 284 g/mol. The van der Waals surface area contributed by atoms with Crippen LogP contribution in [0.25, 0.3) is 0 Å². The average Bonchev–Trinajstić information content (AvgIpc) is 2.46. The molecule has 20 heavy (non-hydrogen) atoms. The zero-order valence-electron chi connectivity index (χ0n) is 13.3. The van der Waals surface area contributed by atoms with Crippen LogP contribution in [0, 0.1) is 0 Å². The molecule has 0 atom stereocenters. The Bertz CT molecular complexity index is 101. The fourth-order valence-electron chi connectivity index (χ4n) is 2.56. The van der Waals surface area contributed by atoms with E-state index < -0.39 is 0 Å². The van der Waals surface area contributed by atoms with E-state index in [1.165, 1.54) is 77.5 Å². The van der Waals surface area contributed by atoms with Gasteiger partial charge in [0.25, 0.3) is 0 Å². The fraction of sp³-hybridized carbons (Fsp3) is 1.00. The number of rotatable bonds is 0. The molecule has 0 spiro atoms. The highest BCUT2D eigenvalue weighted by Crippen LogP contribution is 2.01. The molecule has 1 saturated heterocycles. The highest BCUT2D eigenvalue weighted by molar-refractivity contribution is 4.57. The third-order valence-electron chi connectivity index (χ3n) is 3.87. The third kappa shape index (κ3) is 12.9. The van der Waals surface area contributed by atoms with Crippen LogP contribution >= 0.6 is 0 Å². The highest BCUT2D eigenvalue weighted by Gasteiger charge is 1.94. The quantitative estimate of drug-likeness (QED) is 0.544. The number of hydrogen-bond acceptors (Lipinski definition) is 4. The molecule has 1 fully saturated rings. The molecule has 1 aliphatic heterocycles. The Morgan fingerprint density at radius 3 is 0.850 bits per heavy atom. The standard InChI is InChI=1S/C16H36N4/c1-2-5-9-17-13-15-19-11-7-4-8-12-20-16-14-18-10-6-3-1/h17-20H,1-16H2. The minimum Gasteiger partial charge on any atom is -0.315 e. The predicted molar refractivity (Wildman–Crippen MR) is 88.4 cm³/mol. The summed E-state index contributed by atoms with van der Waals surface area (Å²) < 4.78 is 0. The molecule has 1 heterocycles. The van der Waals surface area contributed by atoms with Crippen LogP contribution in [-0.4, -0.2) is 52.4 Å². The summed E-state index contributed by atoms with van der Waals surface area (Å²) in [6, 6.07) is 0. The van der Waals surface area contributed by atoms with Crippen molar-refractivity contribution in [2.75, 3.05) is 52.4 Å². The fourth-order valence-corrected chi connectivity index (χ4v) is 2.56. The molecule has 0 aromatic heterocycles. The second-order valence-electron chi connectivity index (χ2n) is 5.83. The lowest BCUT2D eigenvalue weighted by Gasteiger charge is -2.09. The maximum Gasteiger partial charge on any atom is 0.00767 e. The van der Waals surface area contributed by atoms with Crippen LogP contribution in [0.15, 0.2) is 0 Å². The van der Waals surface area contributed by atoms with Gasteiger partial charge in [0.05, 0.1) is 0 Å². The second kappa shape index (κ2) is 15.2. The summed E-state index contributed by atoms with van der Waals surface area (Å²) in [5.74, 6) is 0. The van der Waals surface area contributed by atoms with Gasteiger partial charge < -0.3 is 21.3 Å². The molecule has 0 aliphatic carbocycles. The van der Waals surface area contributed by atoms with Gasteiger partial charge in [-0.3, -0.25) is 0 Å². The van der Waals surface area contributed by atoms with E-state index in [9.17, 15) is 0 Å². The Balaban J connectivity index is 2.00. The van der Waals surface area contributed by atoms with E-state index in [0.29, 0.717) is 0 Å².